The molecule has 1 aliphatic carbocycles. The van der Waals surface area contributed by atoms with Crippen molar-refractivity contribution in [2.24, 2.45) is 11.7 Å². The normalized spacial score (nSPS) is 26.7. The monoisotopic (exact) mass is 306 g/mol. The van der Waals surface area contributed by atoms with Gasteiger partial charge in [0.2, 0.25) is 0 Å². The minimum absolute atomic E-state index is 0.245. The standard InChI is InChI=1S/C18H27ClN2/c1-2-16(20)11-14-8-9-15(19)12-18(14)21-10-4-6-13-5-3-7-17(13)21/h8-9,12-13,16-17H,2-7,10-11,20H2,1H3. The van der Waals surface area contributed by atoms with Gasteiger partial charge in [-0.05, 0) is 62.1 Å². The van der Waals surface area contributed by atoms with Gasteiger partial charge in [0.25, 0.3) is 0 Å². The largest absolute Gasteiger partial charge is 0.368 e. The van der Waals surface area contributed by atoms with Crippen LogP contribution >= 0.6 is 11.6 Å². The van der Waals surface area contributed by atoms with Crippen LogP contribution in [-0.2, 0) is 6.42 Å². The van der Waals surface area contributed by atoms with Crippen molar-refractivity contribution in [1.29, 1.82) is 0 Å². The molecule has 1 saturated carbocycles. The molecular formula is C18H27ClN2. The van der Waals surface area contributed by atoms with E-state index < -0.39 is 0 Å². The Bertz CT molecular complexity index is 488. The lowest BCUT2D eigenvalue weighted by Crippen LogP contribution is -2.43. The Morgan fingerprint density at radius 2 is 2.10 bits per heavy atom. The van der Waals surface area contributed by atoms with Gasteiger partial charge in [-0.3, -0.25) is 0 Å². The molecule has 0 amide bonds. The third-order valence-corrected chi connectivity index (χ3v) is 5.59. The van der Waals surface area contributed by atoms with Crippen LogP contribution in [0.4, 0.5) is 5.69 Å². The van der Waals surface area contributed by atoms with Gasteiger partial charge in [0, 0.05) is 29.3 Å². The molecule has 21 heavy (non-hydrogen) atoms. The maximum absolute atomic E-state index is 6.29. The number of rotatable bonds is 4. The summed E-state index contributed by atoms with van der Waals surface area (Å²) in [5.74, 6) is 0.894. The van der Waals surface area contributed by atoms with Crippen molar-refractivity contribution < 1.29 is 0 Å². The van der Waals surface area contributed by atoms with Crippen LogP contribution in [0, 0.1) is 5.92 Å². The van der Waals surface area contributed by atoms with Crippen LogP contribution in [0.5, 0.6) is 0 Å². The Balaban J connectivity index is 1.90. The molecule has 116 valence electrons. The Morgan fingerprint density at radius 1 is 1.29 bits per heavy atom. The number of nitrogens with zero attached hydrogens (tertiary/aromatic N) is 1. The molecule has 0 spiro atoms. The number of halogens is 1. The third kappa shape index (κ3) is 3.22. The molecule has 1 aromatic rings. The van der Waals surface area contributed by atoms with Crippen molar-refractivity contribution in [2.45, 2.75) is 64.0 Å². The molecule has 2 aliphatic rings. The summed E-state index contributed by atoms with van der Waals surface area (Å²) in [6.07, 6.45) is 8.84. The van der Waals surface area contributed by atoms with Gasteiger partial charge in [-0.2, -0.15) is 0 Å². The van der Waals surface area contributed by atoms with E-state index >= 15 is 0 Å². The lowest BCUT2D eigenvalue weighted by atomic mass is 9.90. The van der Waals surface area contributed by atoms with Crippen LogP contribution in [0.3, 0.4) is 0 Å². The topological polar surface area (TPSA) is 29.3 Å². The SMILES string of the molecule is CCC(N)Cc1ccc(Cl)cc1N1CCCC2CCCC21. The maximum atomic E-state index is 6.29. The van der Waals surface area contributed by atoms with Crippen molar-refractivity contribution in [3.05, 3.63) is 28.8 Å². The Labute approximate surface area is 133 Å². The molecule has 2 nitrogen and oxygen atoms in total. The van der Waals surface area contributed by atoms with Gasteiger partial charge >= 0.3 is 0 Å². The average Bonchev–Trinajstić information content (AvgIpc) is 2.97. The van der Waals surface area contributed by atoms with E-state index in [1.165, 1.54) is 49.9 Å². The first-order valence-electron chi connectivity index (χ1n) is 8.49. The summed E-state index contributed by atoms with van der Waals surface area (Å²) in [6, 6.07) is 7.34. The van der Waals surface area contributed by atoms with Gasteiger partial charge in [-0.15, -0.1) is 0 Å². The Hall–Kier alpha value is -0.730. The van der Waals surface area contributed by atoms with Crippen molar-refractivity contribution in [2.75, 3.05) is 11.4 Å². The second kappa shape index (κ2) is 6.58. The van der Waals surface area contributed by atoms with E-state index in [2.05, 4.69) is 24.0 Å². The van der Waals surface area contributed by atoms with Crippen LogP contribution < -0.4 is 10.6 Å². The molecule has 0 bridgehead atoms. The lowest BCUT2D eigenvalue weighted by molar-refractivity contribution is 0.362. The number of piperidine rings is 1. The Morgan fingerprint density at radius 3 is 2.90 bits per heavy atom. The summed E-state index contributed by atoms with van der Waals surface area (Å²) < 4.78 is 0. The molecule has 1 aliphatic heterocycles. The lowest BCUT2D eigenvalue weighted by Gasteiger charge is -2.40. The summed E-state index contributed by atoms with van der Waals surface area (Å²) in [5.41, 5.74) is 8.92. The van der Waals surface area contributed by atoms with Crippen molar-refractivity contribution in [1.82, 2.24) is 0 Å². The van der Waals surface area contributed by atoms with Gasteiger partial charge in [0.05, 0.1) is 0 Å². The van der Waals surface area contributed by atoms with Crippen LogP contribution in [0.15, 0.2) is 18.2 Å². The summed E-state index contributed by atoms with van der Waals surface area (Å²) in [7, 11) is 0. The molecule has 0 aromatic heterocycles. The summed E-state index contributed by atoms with van der Waals surface area (Å²) in [6.45, 7) is 3.34. The van der Waals surface area contributed by atoms with E-state index in [9.17, 15) is 0 Å². The van der Waals surface area contributed by atoms with E-state index in [0.717, 1.165) is 29.8 Å². The highest BCUT2D eigenvalue weighted by Crippen LogP contribution is 2.40. The fraction of sp³-hybridized carbons (Fsp3) is 0.667. The van der Waals surface area contributed by atoms with Gasteiger partial charge in [-0.25, -0.2) is 0 Å². The molecule has 0 radical (unpaired) electrons. The van der Waals surface area contributed by atoms with Gasteiger partial charge in [0.15, 0.2) is 0 Å². The van der Waals surface area contributed by atoms with Crippen molar-refractivity contribution >= 4 is 17.3 Å². The maximum Gasteiger partial charge on any atom is 0.0426 e. The first-order valence-corrected chi connectivity index (χ1v) is 8.87. The first-order chi connectivity index (χ1) is 10.2. The molecule has 3 unspecified atom stereocenters. The van der Waals surface area contributed by atoms with E-state index in [4.69, 9.17) is 17.3 Å². The molecular weight excluding hydrogens is 280 g/mol. The second-order valence-corrected chi connectivity index (χ2v) is 7.18. The van der Waals surface area contributed by atoms with E-state index in [-0.39, 0.29) is 6.04 Å². The first kappa shape index (κ1) is 15.2. The highest BCUT2D eigenvalue weighted by molar-refractivity contribution is 6.30. The van der Waals surface area contributed by atoms with Gasteiger partial charge in [0.1, 0.15) is 0 Å². The summed E-state index contributed by atoms with van der Waals surface area (Å²) in [4.78, 5) is 2.64. The smallest absolute Gasteiger partial charge is 0.0426 e. The third-order valence-electron chi connectivity index (χ3n) is 5.36. The molecule has 1 heterocycles. The van der Waals surface area contributed by atoms with Crippen LogP contribution in [0.1, 0.15) is 51.0 Å². The molecule has 2 N–H and O–H groups in total. The number of fused-ring (bicyclic) bond motifs is 1. The minimum Gasteiger partial charge on any atom is -0.368 e. The van der Waals surface area contributed by atoms with E-state index in [0.29, 0.717) is 0 Å². The fourth-order valence-corrected chi connectivity index (χ4v) is 4.32. The number of hydrogen-bond donors (Lipinski definition) is 1. The van der Waals surface area contributed by atoms with Crippen molar-refractivity contribution in [3.8, 4) is 0 Å². The molecule has 3 atom stereocenters. The minimum atomic E-state index is 0.245. The average molecular weight is 307 g/mol. The van der Waals surface area contributed by atoms with Crippen LogP contribution in [0.2, 0.25) is 5.02 Å². The number of anilines is 1. The van der Waals surface area contributed by atoms with Crippen molar-refractivity contribution in [3.63, 3.8) is 0 Å². The highest BCUT2D eigenvalue weighted by Gasteiger charge is 2.35. The summed E-state index contributed by atoms with van der Waals surface area (Å²) >= 11 is 6.29. The van der Waals surface area contributed by atoms with Gasteiger partial charge < -0.3 is 10.6 Å². The molecule has 3 heteroatoms. The molecule has 3 rings (SSSR count). The molecule has 1 aromatic carbocycles. The Kier molecular flexibility index (Phi) is 4.75. The number of benzene rings is 1. The van der Waals surface area contributed by atoms with Gasteiger partial charge in [-0.1, -0.05) is 31.0 Å². The zero-order valence-electron chi connectivity index (χ0n) is 13.0. The quantitative estimate of drug-likeness (QED) is 0.894. The van der Waals surface area contributed by atoms with Crippen LogP contribution in [-0.4, -0.2) is 18.6 Å². The molecule has 1 saturated heterocycles. The predicted molar refractivity (Wildman–Crippen MR) is 91.1 cm³/mol. The van der Waals surface area contributed by atoms with Crippen LogP contribution in [0.25, 0.3) is 0 Å². The fourth-order valence-electron chi connectivity index (χ4n) is 4.16. The molecule has 2 fully saturated rings. The second-order valence-electron chi connectivity index (χ2n) is 6.74. The zero-order valence-corrected chi connectivity index (χ0v) is 13.8. The number of nitrogens with two attached hydrogens (primary N) is 1. The predicted octanol–water partition coefficient (Wildman–Crippen LogP) is 4.39. The summed E-state index contributed by atoms with van der Waals surface area (Å²) in [5, 5.41) is 0.846. The van der Waals surface area contributed by atoms with E-state index in [1.807, 2.05) is 6.07 Å². The number of hydrogen-bond acceptors (Lipinski definition) is 2. The van der Waals surface area contributed by atoms with E-state index in [1.54, 1.807) is 0 Å². The highest BCUT2D eigenvalue weighted by atomic mass is 35.5. The zero-order chi connectivity index (χ0) is 14.8.